The van der Waals surface area contributed by atoms with Crippen LogP contribution in [0.5, 0.6) is 23.0 Å². The Bertz CT molecular complexity index is 1250. The van der Waals surface area contributed by atoms with Crippen molar-refractivity contribution in [2.24, 2.45) is 0 Å². The van der Waals surface area contributed by atoms with E-state index in [1.165, 1.54) is 12.1 Å². The number of para-hydroxylation sites is 3. The summed E-state index contributed by atoms with van der Waals surface area (Å²) in [5.74, 6) is -0.0863. The number of benzene rings is 4. The Kier molecular flexibility index (Phi) is 6.05. The zero-order valence-corrected chi connectivity index (χ0v) is 18.5. The van der Waals surface area contributed by atoms with E-state index in [1.807, 2.05) is 50.2 Å². The number of hydrogen-bond donors (Lipinski definition) is 0. The zero-order chi connectivity index (χ0) is 22.0. The molecule has 0 aromatic heterocycles. The Labute approximate surface area is 188 Å². The molecule has 0 saturated carbocycles. The number of halogens is 3. The van der Waals surface area contributed by atoms with Crippen LogP contribution in [0.25, 0.3) is 11.1 Å². The van der Waals surface area contributed by atoms with Gasteiger partial charge < -0.3 is 9.47 Å². The van der Waals surface area contributed by atoms with Crippen LogP contribution in [0.4, 0.5) is 8.78 Å². The van der Waals surface area contributed by atoms with Crippen molar-refractivity contribution in [2.75, 3.05) is 0 Å². The minimum Gasteiger partial charge on any atom is -0.453 e. The smallest absolute Gasteiger partial charge is 0.171 e. The first kappa shape index (κ1) is 21.1. The second-order valence-corrected chi connectivity index (χ2v) is 8.03. The van der Waals surface area contributed by atoms with Gasteiger partial charge in [0.1, 0.15) is 11.5 Å². The largest absolute Gasteiger partial charge is 0.453 e. The van der Waals surface area contributed by atoms with E-state index in [0.717, 1.165) is 11.1 Å². The average molecular weight is 481 g/mol. The fraction of sp³-hybridized carbons (Fsp3) is 0.0769. The molecule has 0 atom stereocenters. The molecule has 0 aliphatic rings. The molecule has 4 aromatic rings. The second-order valence-electron chi connectivity index (χ2n) is 7.12. The van der Waals surface area contributed by atoms with E-state index in [2.05, 4.69) is 15.9 Å². The topological polar surface area (TPSA) is 18.5 Å². The fourth-order valence-electron chi connectivity index (χ4n) is 3.25. The number of rotatable bonds is 5. The van der Waals surface area contributed by atoms with Gasteiger partial charge in [0, 0.05) is 15.6 Å². The van der Waals surface area contributed by atoms with Crippen molar-refractivity contribution in [3.63, 3.8) is 0 Å². The Morgan fingerprint density at radius 1 is 0.613 bits per heavy atom. The van der Waals surface area contributed by atoms with Crippen molar-refractivity contribution in [2.45, 2.75) is 13.8 Å². The third-order valence-corrected chi connectivity index (χ3v) is 5.33. The predicted octanol–water partition coefficient (Wildman–Crippen LogP) is 8.60. The van der Waals surface area contributed by atoms with Crippen LogP contribution in [0.2, 0.25) is 0 Å². The average Bonchev–Trinajstić information content (AvgIpc) is 2.74. The SMILES string of the molecule is Cc1ccccc1Oc1c(F)cccc1-c1cc(Br)cc(F)c1Oc1ccccc1C. The molecule has 0 heterocycles. The Morgan fingerprint density at radius 2 is 1.16 bits per heavy atom. The van der Waals surface area contributed by atoms with Gasteiger partial charge >= 0.3 is 0 Å². The molecule has 0 spiro atoms. The zero-order valence-electron chi connectivity index (χ0n) is 17.0. The lowest BCUT2D eigenvalue weighted by Gasteiger charge is -2.18. The minimum absolute atomic E-state index is 0.00210. The molecular formula is C26H19BrF2O2. The van der Waals surface area contributed by atoms with Crippen LogP contribution in [0.1, 0.15) is 11.1 Å². The van der Waals surface area contributed by atoms with Gasteiger partial charge in [-0.1, -0.05) is 64.5 Å². The number of aryl methyl sites for hydroxylation is 2. The van der Waals surface area contributed by atoms with Crippen molar-refractivity contribution < 1.29 is 18.3 Å². The van der Waals surface area contributed by atoms with Crippen LogP contribution in [-0.4, -0.2) is 0 Å². The summed E-state index contributed by atoms with van der Waals surface area (Å²) in [6.45, 7) is 3.75. The lowest BCUT2D eigenvalue weighted by Crippen LogP contribution is -1.98. The molecule has 0 aliphatic heterocycles. The Morgan fingerprint density at radius 3 is 1.74 bits per heavy atom. The summed E-state index contributed by atoms with van der Waals surface area (Å²) in [5, 5.41) is 0. The van der Waals surface area contributed by atoms with Crippen molar-refractivity contribution in [1.82, 2.24) is 0 Å². The highest BCUT2D eigenvalue weighted by Crippen LogP contribution is 2.44. The van der Waals surface area contributed by atoms with Gasteiger partial charge in [-0.25, -0.2) is 8.78 Å². The highest BCUT2D eigenvalue weighted by atomic mass is 79.9. The molecule has 4 rings (SSSR count). The maximum Gasteiger partial charge on any atom is 0.171 e. The molecule has 0 aliphatic carbocycles. The first-order valence-electron chi connectivity index (χ1n) is 9.69. The van der Waals surface area contributed by atoms with Gasteiger partial charge in [-0.3, -0.25) is 0 Å². The van der Waals surface area contributed by atoms with Gasteiger partial charge in [0.15, 0.2) is 23.1 Å². The normalized spacial score (nSPS) is 10.7. The van der Waals surface area contributed by atoms with Crippen molar-refractivity contribution in [3.8, 4) is 34.1 Å². The van der Waals surface area contributed by atoms with Gasteiger partial charge in [-0.2, -0.15) is 0 Å². The van der Waals surface area contributed by atoms with E-state index in [1.54, 1.807) is 30.3 Å². The van der Waals surface area contributed by atoms with E-state index < -0.39 is 11.6 Å². The molecule has 0 bridgehead atoms. The maximum atomic E-state index is 15.0. The van der Waals surface area contributed by atoms with Crippen LogP contribution < -0.4 is 9.47 Å². The van der Waals surface area contributed by atoms with E-state index >= 15 is 4.39 Å². The van der Waals surface area contributed by atoms with Crippen LogP contribution in [0, 0.1) is 25.5 Å². The molecule has 2 nitrogen and oxygen atoms in total. The summed E-state index contributed by atoms with van der Waals surface area (Å²) in [6.07, 6.45) is 0. The molecule has 5 heteroatoms. The maximum absolute atomic E-state index is 15.0. The van der Waals surface area contributed by atoms with Crippen LogP contribution in [-0.2, 0) is 0 Å². The molecule has 4 aromatic carbocycles. The highest BCUT2D eigenvalue weighted by Gasteiger charge is 2.21. The van der Waals surface area contributed by atoms with Crippen LogP contribution >= 0.6 is 15.9 Å². The second kappa shape index (κ2) is 8.90. The van der Waals surface area contributed by atoms with E-state index in [-0.39, 0.29) is 11.5 Å². The molecular weight excluding hydrogens is 462 g/mol. The molecule has 0 saturated heterocycles. The van der Waals surface area contributed by atoms with Crippen molar-refractivity contribution in [1.29, 1.82) is 0 Å². The van der Waals surface area contributed by atoms with Crippen LogP contribution in [0.3, 0.4) is 0 Å². The number of ether oxygens (including phenoxy) is 2. The quantitative estimate of drug-likeness (QED) is 0.284. The summed E-state index contributed by atoms with van der Waals surface area (Å²) >= 11 is 3.34. The molecule has 31 heavy (non-hydrogen) atoms. The summed E-state index contributed by atoms with van der Waals surface area (Å²) in [6, 6.07) is 22.2. The Hall–Kier alpha value is -3.18. The number of hydrogen-bond acceptors (Lipinski definition) is 2. The molecule has 0 amide bonds. The summed E-state index contributed by atoms with van der Waals surface area (Å²) < 4.78 is 42.4. The monoisotopic (exact) mass is 480 g/mol. The molecule has 0 unspecified atom stereocenters. The Balaban J connectivity index is 1.88. The van der Waals surface area contributed by atoms with Gasteiger partial charge in [0.05, 0.1) is 0 Å². The van der Waals surface area contributed by atoms with E-state index in [9.17, 15) is 4.39 Å². The summed E-state index contributed by atoms with van der Waals surface area (Å²) in [7, 11) is 0. The van der Waals surface area contributed by atoms with Crippen molar-refractivity contribution in [3.05, 3.63) is 106 Å². The third-order valence-electron chi connectivity index (χ3n) is 4.88. The third kappa shape index (κ3) is 4.47. The summed E-state index contributed by atoms with van der Waals surface area (Å²) in [5.41, 5.74) is 2.46. The van der Waals surface area contributed by atoms with Crippen molar-refractivity contribution >= 4 is 15.9 Å². The lowest BCUT2D eigenvalue weighted by atomic mass is 10.0. The summed E-state index contributed by atoms with van der Waals surface area (Å²) in [4.78, 5) is 0. The van der Waals surface area contributed by atoms with Gasteiger partial charge in [0.25, 0.3) is 0 Å². The van der Waals surface area contributed by atoms with E-state index in [0.29, 0.717) is 27.1 Å². The minimum atomic E-state index is -0.571. The predicted molar refractivity (Wildman–Crippen MR) is 122 cm³/mol. The standard InChI is InChI=1S/C26H19BrF2O2/c1-16-8-3-5-12-23(16)30-25-19(10-7-11-21(25)28)20-14-18(27)15-22(29)26(20)31-24-13-6-4-9-17(24)2/h3-15H,1-2H3. The van der Waals surface area contributed by atoms with Gasteiger partial charge in [0.2, 0.25) is 0 Å². The van der Waals surface area contributed by atoms with E-state index in [4.69, 9.17) is 9.47 Å². The molecule has 0 radical (unpaired) electrons. The van der Waals surface area contributed by atoms with Gasteiger partial charge in [-0.05, 0) is 55.3 Å². The fourth-order valence-corrected chi connectivity index (χ4v) is 3.68. The molecule has 0 N–H and O–H groups in total. The highest BCUT2D eigenvalue weighted by molar-refractivity contribution is 9.10. The first-order valence-corrected chi connectivity index (χ1v) is 10.5. The first-order chi connectivity index (χ1) is 14.9. The van der Waals surface area contributed by atoms with Crippen LogP contribution in [0.15, 0.2) is 83.3 Å². The van der Waals surface area contributed by atoms with Gasteiger partial charge in [-0.15, -0.1) is 0 Å². The lowest BCUT2D eigenvalue weighted by molar-refractivity contribution is 0.434. The molecule has 0 fully saturated rings. The molecule has 156 valence electrons.